The van der Waals surface area contributed by atoms with Crippen LogP contribution >= 0.6 is 11.6 Å². The van der Waals surface area contributed by atoms with Gasteiger partial charge in [-0.1, -0.05) is 31.5 Å². The summed E-state index contributed by atoms with van der Waals surface area (Å²) in [5.74, 6) is 1.52. The van der Waals surface area contributed by atoms with Crippen LogP contribution in [0.3, 0.4) is 0 Å². The lowest BCUT2D eigenvalue weighted by Gasteiger charge is -2.16. The molecule has 1 aliphatic rings. The van der Waals surface area contributed by atoms with Crippen LogP contribution in [0.2, 0.25) is 0 Å². The Morgan fingerprint density at radius 1 is 1.21 bits per heavy atom. The molecule has 2 heteroatoms. The molecule has 1 nitrogen and oxygen atoms in total. The van der Waals surface area contributed by atoms with E-state index in [-0.39, 0.29) is 0 Å². The predicted molar refractivity (Wildman–Crippen MR) is 83.9 cm³/mol. The van der Waals surface area contributed by atoms with E-state index >= 15 is 0 Å². The molecule has 0 spiro atoms. The molecule has 0 aromatic heterocycles. The molecule has 0 aliphatic heterocycles. The van der Waals surface area contributed by atoms with Crippen molar-refractivity contribution in [3.8, 4) is 0 Å². The molecule has 1 N–H and O–H groups in total. The number of benzene rings is 1. The van der Waals surface area contributed by atoms with E-state index < -0.39 is 0 Å². The summed E-state index contributed by atoms with van der Waals surface area (Å²) in [4.78, 5) is 0. The quantitative estimate of drug-likeness (QED) is 0.699. The van der Waals surface area contributed by atoms with Gasteiger partial charge in [0, 0.05) is 12.4 Å². The number of fused-ring (bicyclic) bond motifs is 1. The average Bonchev–Trinajstić information content (AvgIpc) is 2.86. The lowest BCUT2D eigenvalue weighted by molar-refractivity contribution is 0.430. The van der Waals surface area contributed by atoms with Crippen molar-refractivity contribution in [2.45, 2.75) is 52.0 Å². The minimum Gasteiger partial charge on any atom is -0.312 e. The first kappa shape index (κ1) is 14.9. The zero-order valence-corrected chi connectivity index (χ0v) is 12.8. The van der Waals surface area contributed by atoms with Crippen molar-refractivity contribution in [2.24, 2.45) is 5.92 Å². The van der Waals surface area contributed by atoms with Gasteiger partial charge in [0.2, 0.25) is 0 Å². The lowest BCUT2D eigenvalue weighted by atomic mass is 10.0. The highest BCUT2D eigenvalue weighted by atomic mass is 35.5. The number of nitrogens with one attached hydrogen (secondary N) is 1. The number of aryl methyl sites for hydroxylation is 2. The molecule has 0 saturated heterocycles. The molecule has 0 amide bonds. The Balaban J connectivity index is 1.78. The van der Waals surface area contributed by atoms with Crippen LogP contribution in [0.5, 0.6) is 0 Å². The molecule has 0 heterocycles. The molecule has 1 aromatic rings. The summed E-state index contributed by atoms with van der Waals surface area (Å²) in [6.45, 7) is 4.34. The minimum absolute atomic E-state index is 0.733. The largest absolute Gasteiger partial charge is 0.312 e. The highest BCUT2D eigenvalue weighted by Gasteiger charge is 2.11. The topological polar surface area (TPSA) is 12.0 Å². The first-order valence-corrected chi connectivity index (χ1v) is 8.24. The summed E-state index contributed by atoms with van der Waals surface area (Å²) < 4.78 is 0. The molecule has 1 atom stereocenters. The maximum atomic E-state index is 5.86. The Morgan fingerprint density at radius 2 is 2.05 bits per heavy atom. The van der Waals surface area contributed by atoms with Crippen LogP contribution < -0.4 is 5.32 Å². The Bertz CT molecular complexity index is 383. The summed E-state index contributed by atoms with van der Waals surface area (Å²) in [7, 11) is 0. The first-order chi connectivity index (χ1) is 9.33. The highest BCUT2D eigenvalue weighted by Crippen LogP contribution is 2.22. The lowest BCUT2D eigenvalue weighted by Crippen LogP contribution is -2.23. The minimum atomic E-state index is 0.733. The van der Waals surface area contributed by atoms with Crippen LogP contribution in [0.4, 0.5) is 0 Å². The third kappa shape index (κ3) is 4.50. The summed E-state index contributed by atoms with van der Waals surface area (Å²) in [5.41, 5.74) is 4.57. The molecule has 1 aromatic carbocycles. The van der Waals surface area contributed by atoms with Gasteiger partial charge in [-0.25, -0.2) is 0 Å². The Morgan fingerprint density at radius 3 is 2.84 bits per heavy atom. The van der Waals surface area contributed by atoms with Crippen molar-refractivity contribution >= 4 is 11.6 Å². The third-order valence-corrected chi connectivity index (χ3v) is 4.36. The maximum absolute atomic E-state index is 5.86. The monoisotopic (exact) mass is 279 g/mol. The van der Waals surface area contributed by atoms with Crippen LogP contribution in [0.25, 0.3) is 0 Å². The van der Waals surface area contributed by atoms with Crippen LogP contribution in [-0.2, 0) is 19.4 Å². The first-order valence-electron chi connectivity index (χ1n) is 7.70. The molecule has 1 unspecified atom stereocenters. The average molecular weight is 280 g/mol. The maximum Gasteiger partial charge on any atom is 0.0226 e. The number of hydrogen-bond donors (Lipinski definition) is 1. The van der Waals surface area contributed by atoms with Crippen molar-refractivity contribution in [1.82, 2.24) is 5.32 Å². The molecule has 0 fully saturated rings. The van der Waals surface area contributed by atoms with E-state index in [9.17, 15) is 0 Å². The van der Waals surface area contributed by atoms with Gasteiger partial charge >= 0.3 is 0 Å². The van der Waals surface area contributed by atoms with E-state index in [0.717, 1.165) is 31.3 Å². The van der Waals surface area contributed by atoms with Crippen LogP contribution in [0.15, 0.2) is 18.2 Å². The molecule has 0 radical (unpaired) electrons. The second kappa shape index (κ2) is 7.91. The summed E-state index contributed by atoms with van der Waals surface area (Å²) in [6.07, 6.45) is 7.55. The highest BCUT2D eigenvalue weighted by molar-refractivity contribution is 6.17. The predicted octanol–water partition coefficient (Wildman–Crippen LogP) is 4.31. The fourth-order valence-corrected chi connectivity index (χ4v) is 3.38. The van der Waals surface area contributed by atoms with Gasteiger partial charge in [0.05, 0.1) is 0 Å². The fourth-order valence-electron chi connectivity index (χ4n) is 3.07. The van der Waals surface area contributed by atoms with Gasteiger partial charge in [-0.05, 0) is 61.3 Å². The molecule has 1 aliphatic carbocycles. The van der Waals surface area contributed by atoms with Crippen molar-refractivity contribution in [3.05, 3.63) is 34.9 Å². The van der Waals surface area contributed by atoms with Crippen molar-refractivity contribution in [3.63, 3.8) is 0 Å². The number of hydrogen-bond acceptors (Lipinski definition) is 1. The fraction of sp³-hybridized carbons (Fsp3) is 0.647. The zero-order chi connectivity index (χ0) is 13.5. The summed E-state index contributed by atoms with van der Waals surface area (Å²) >= 11 is 5.86. The van der Waals surface area contributed by atoms with Gasteiger partial charge < -0.3 is 5.32 Å². The van der Waals surface area contributed by atoms with Crippen LogP contribution in [-0.4, -0.2) is 12.4 Å². The number of rotatable bonds is 8. The van der Waals surface area contributed by atoms with Crippen LogP contribution in [0, 0.1) is 5.92 Å². The van der Waals surface area contributed by atoms with Crippen molar-refractivity contribution in [2.75, 3.05) is 12.4 Å². The van der Waals surface area contributed by atoms with E-state index in [1.807, 2.05) is 0 Å². The molecule has 2 rings (SSSR count). The molecule has 0 bridgehead atoms. The van der Waals surface area contributed by atoms with Crippen LogP contribution in [0.1, 0.15) is 49.3 Å². The van der Waals surface area contributed by atoms with Gasteiger partial charge in [-0.15, -0.1) is 11.6 Å². The van der Waals surface area contributed by atoms with Gasteiger partial charge in [0.25, 0.3) is 0 Å². The van der Waals surface area contributed by atoms with E-state index in [1.165, 1.54) is 37.7 Å². The van der Waals surface area contributed by atoms with Gasteiger partial charge in [0.15, 0.2) is 0 Å². The van der Waals surface area contributed by atoms with E-state index in [0.29, 0.717) is 0 Å². The normalized spacial score (nSPS) is 15.5. The second-order valence-electron chi connectivity index (χ2n) is 5.72. The van der Waals surface area contributed by atoms with Gasteiger partial charge in [-0.3, -0.25) is 0 Å². The van der Waals surface area contributed by atoms with E-state index in [1.54, 1.807) is 11.1 Å². The smallest absolute Gasteiger partial charge is 0.0226 e. The molecule has 0 saturated carbocycles. The van der Waals surface area contributed by atoms with Crippen molar-refractivity contribution < 1.29 is 0 Å². The second-order valence-corrected chi connectivity index (χ2v) is 6.10. The number of halogens is 1. The number of alkyl halides is 1. The summed E-state index contributed by atoms with van der Waals surface area (Å²) in [5, 5.41) is 3.60. The van der Waals surface area contributed by atoms with E-state index in [2.05, 4.69) is 30.4 Å². The third-order valence-electron chi connectivity index (χ3n) is 4.14. The SMILES string of the molecule is CCCC(CCCl)CNCc1ccc2c(c1)CCC2. The van der Waals surface area contributed by atoms with Gasteiger partial charge in [0.1, 0.15) is 0 Å². The molecule has 106 valence electrons. The Labute approximate surface area is 122 Å². The van der Waals surface area contributed by atoms with Crippen molar-refractivity contribution in [1.29, 1.82) is 0 Å². The summed E-state index contributed by atoms with van der Waals surface area (Å²) in [6, 6.07) is 7.00. The Hall–Kier alpha value is -0.530. The van der Waals surface area contributed by atoms with E-state index in [4.69, 9.17) is 11.6 Å². The molecule has 19 heavy (non-hydrogen) atoms. The van der Waals surface area contributed by atoms with Gasteiger partial charge in [-0.2, -0.15) is 0 Å². The zero-order valence-electron chi connectivity index (χ0n) is 12.1. The standard InChI is InChI=1S/C17H26ClN/c1-2-4-14(9-10-18)12-19-13-15-7-8-16-5-3-6-17(16)11-15/h7-8,11,14,19H,2-6,9-10,12-13H2,1H3. The molecular formula is C17H26ClN. The molecular weight excluding hydrogens is 254 g/mol. The Kier molecular flexibility index (Phi) is 6.19.